The van der Waals surface area contributed by atoms with Crippen LogP contribution >= 0.6 is 11.8 Å². The van der Waals surface area contributed by atoms with Crippen LogP contribution in [0.1, 0.15) is 17.2 Å². The summed E-state index contributed by atoms with van der Waals surface area (Å²) >= 11 is 1.67. The van der Waals surface area contributed by atoms with Gasteiger partial charge in [0, 0.05) is 12.2 Å². The van der Waals surface area contributed by atoms with E-state index in [1.165, 1.54) is 0 Å². The summed E-state index contributed by atoms with van der Waals surface area (Å²) in [5.41, 5.74) is 0.985. The summed E-state index contributed by atoms with van der Waals surface area (Å²) < 4.78 is 7.58. The van der Waals surface area contributed by atoms with Crippen LogP contribution in [0.4, 0.5) is 0 Å². The van der Waals surface area contributed by atoms with Crippen LogP contribution in [0.25, 0.3) is 0 Å². The van der Waals surface area contributed by atoms with Crippen LogP contribution in [0, 0.1) is 0 Å². The zero-order valence-electron chi connectivity index (χ0n) is 14.7. The smallest absolute Gasteiger partial charge is 0.237 e. The maximum Gasteiger partial charge on any atom is 0.237 e. The number of hydrogen-bond donors (Lipinski definition) is 1. The molecule has 7 heteroatoms. The number of aromatic nitrogens is 3. The molecule has 0 saturated carbocycles. The van der Waals surface area contributed by atoms with E-state index in [1.807, 2.05) is 60.8 Å². The fourth-order valence-electron chi connectivity index (χ4n) is 3.03. The van der Waals surface area contributed by atoms with E-state index in [1.54, 1.807) is 22.6 Å². The molecule has 2 aromatic carbocycles. The van der Waals surface area contributed by atoms with Crippen LogP contribution in [0.2, 0.25) is 0 Å². The molecule has 1 fully saturated rings. The number of rotatable bonds is 5. The second-order valence-electron chi connectivity index (χ2n) is 6.35. The number of benzene rings is 2. The Morgan fingerprint density at radius 1 is 1.11 bits per heavy atom. The van der Waals surface area contributed by atoms with Crippen LogP contribution < -0.4 is 10.1 Å². The van der Waals surface area contributed by atoms with Gasteiger partial charge < -0.3 is 10.1 Å². The molecule has 0 aliphatic carbocycles. The number of ether oxygens (including phenoxy) is 1. The number of carbonyl (C=O) groups is 1. The molecule has 1 N–H and O–H groups in total. The molecule has 0 spiro atoms. The van der Waals surface area contributed by atoms with Crippen molar-refractivity contribution >= 4 is 17.7 Å². The van der Waals surface area contributed by atoms with Crippen molar-refractivity contribution in [1.29, 1.82) is 0 Å². The predicted octanol–water partition coefficient (Wildman–Crippen LogP) is 3.43. The number of nitrogens with zero attached hydrogens (tertiary/aromatic N) is 3. The van der Waals surface area contributed by atoms with Gasteiger partial charge in [0.05, 0.1) is 12.7 Å². The number of para-hydroxylation sites is 1. The lowest BCUT2D eigenvalue weighted by molar-refractivity contribution is -0.121. The molecule has 2 atom stereocenters. The highest BCUT2D eigenvalue weighted by Crippen LogP contribution is 2.33. The van der Waals surface area contributed by atoms with E-state index in [0.29, 0.717) is 6.54 Å². The summed E-state index contributed by atoms with van der Waals surface area (Å²) in [5, 5.41) is 10.7. The summed E-state index contributed by atoms with van der Waals surface area (Å²) in [7, 11) is 0. The van der Waals surface area contributed by atoms with E-state index in [4.69, 9.17) is 4.74 Å². The molecule has 4 rings (SSSR count). The van der Waals surface area contributed by atoms with Gasteiger partial charge in [-0.15, -0.1) is 16.9 Å². The molecular formula is C20H20N4O2S. The number of thioether (sulfide) groups is 1. The minimum Gasteiger partial charge on any atom is -0.457 e. The van der Waals surface area contributed by atoms with Gasteiger partial charge in [0.1, 0.15) is 16.7 Å². The molecule has 1 saturated heterocycles. The van der Waals surface area contributed by atoms with Crippen LogP contribution in [-0.2, 0) is 11.3 Å². The highest BCUT2D eigenvalue weighted by atomic mass is 32.2. The Balaban J connectivity index is 1.41. The van der Waals surface area contributed by atoms with Crippen molar-refractivity contribution in [3.63, 3.8) is 0 Å². The standard InChI is InChI=1S/C20H20N4O2S/c25-20-19(27-13-10-16(22-20)14-24-12-11-21-23-24)15-6-8-18(9-7-15)26-17-4-2-1-3-5-17/h1-9,11-12,16,19H,10,13-14H2,(H,22,25)/t16-,19+/m0/s1. The summed E-state index contributed by atoms with van der Waals surface area (Å²) in [4.78, 5) is 12.7. The van der Waals surface area contributed by atoms with E-state index >= 15 is 0 Å². The van der Waals surface area contributed by atoms with Crippen LogP contribution in [-0.4, -0.2) is 32.7 Å². The molecule has 138 valence electrons. The maximum atomic E-state index is 12.7. The van der Waals surface area contributed by atoms with Gasteiger partial charge in [-0.2, -0.15) is 0 Å². The molecular weight excluding hydrogens is 360 g/mol. The topological polar surface area (TPSA) is 69.0 Å². The van der Waals surface area contributed by atoms with Crippen LogP contribution in [0.3, 0.4) is 0 Å². The second-order valence-corrected chi connectivity index (χ2v) is 7.57. The zero-order valence-corrected chi connectivity index (χ0v) is 15.5. The first-order chi connectivity index (χ1) is 13.3. The van der Waals surface area contributed by atoms with Gasteiger partial charge in [-0.05, 0) is 42.0 Å². The SMILES string of the molecule is O=C1N[C@H](Cn2ccnn2)CCS[C@@H]1c1ccc(Oc2ccccc2)cc1. The van der Waals surface area contributed by atoms with Gasteiger partial charge in [-0.25, -0.2) is 0 Å². The molecule has 1 aliphatic rings. The van der Waals surface area contributed by atoms with E-state index in [9.17, 15) is 4.79 Å². The van der Waals surface area contributed by atoms with Crippen LogP contribution in [0.5, 0.6) is 11.5 Å². The first-order valence-electron chi connectivity index (χ1n) is 8.87. The summed E-state index contributed by atoms with van der Waals surface area (Å²) in [5.74, 6) is 2.50. The van der Waals surface area contributed by atoms with E-state index < -0.39 is 0 Å². The fourth-order valence-corrected chi connectivity index (χ4v) is 4.25. The lowest BCUT2D eigenvalue weighted by Crippen LogP contribution is -2.38. The Labute approximate surface area is 161 Å². The molecule has 3 aromatic rings. The molecule has 2 heterocycles. The second kappa shape index (κ2) is 8.26. The van der Waals surface area contributed by atoms with Gasteiger partial charge >= 0.3 is 0 Å². The monoisotopic (exact) mass is 380 g/mol. The molecule has 1 amide bonds. The quantitative estimate of drug-likeness (QED) is 0.734. The summed E-state index contributed by atoms with van der Waals surface area (Å²) in [6.07, 6.45) is 4.37. The Bertz CT molecular complexity index is 869. The largest absolute Gasteiger partial charge is 0.457 e. The number of carbonyl (C=O) groups excluding carboxylic acids is 1. The molecule has 0 radical (unpaired) electrons. The van der Waals surface area contributed by atoms with E-state index in [-0.39, 0.29) is 17.2 Å². The normalized spacial score (nSPS) is 19.9. The molecule has 1 aliphatic heterocycles. The van der Waals surface area contributed by atoms with Crippen LogP contribution in [0.15, 0.2) is 67.0 Å². The molecule has 0 bridgehead atoms. The number of hydrogen-bond acceptors (Lipinski definition) is 5. The van der Waals surface area contributed by atoms with Crippen molar-refractivity contribution in [2.24, 2.45) is 0 Å². The third-order valence-corrected chi connectivity index (χ3v) is 5.67. The molecule has 6 nitrogen and oxygen atoms in total. The molecule has 1 aromatic heterocycles. The Kier molecular flexibility index (Phi) is 5.39. The van der Waals surface area contributed by atoms with Gasteiger partial charge in [0.2, 0.25) is 5.91 Å². The van der Waals surface area contributed by atoms with Crippen molar-refractivity contribution in [3.8, 4) is 11.5 Å². The Hall–Kier alpha value is -2.80. The van der Waals surface area contributed by atoms with E-state index in [2.05, 4.69) is 15.6 Å². The minimum absolute atomic E-state index is 0.0411. The number of nitrogens with one attached hydrogen (secondary N) is 1. The average molecular weight is 380 g/mol. The molecule has 0 unspecified atom stereocenters. The van der Waals surface area contributed by atoms with Crippen molar-refractivity contribution in [3.05, 3.63) is 72.6 Å². The summed E-state index contributed by atoms with van der Waals surface area (Å²) in [6.45, 7) is 0.642. The van der Waals surface area contributed by atoms with E-state index in [0.717, 1.165) is 29.2 Å². The fraction of sp³-hybridized carbons (Fsp3) is 0.250. The Morgan fingerprint density at radius 2 is 1.89 bits per heavy atom. The minimum atomic E-state index is -0.212. The third-order valence-electron chi connectivity index (χ3n) is 4.38. The zero-order chi connectivity index (χ0) is 18.5. The predicted molar refractivity (Wildman–Crippen MR) is 105 cm³/mol. The maximum absolute atomic E-state index is 12.7. The highest BCUT2D eigenvalue weighted by Gasteiger charge is 2.27. The van der Waals surface area contributed by atoms with Gasteiger partial charge in [0.15, 0.2) is 0 Å². The number of amides is 1. The summed E-state index contributed by atoms with van der Waals surface area (Å²) in [6, 6.07) is 17.5. The Morgan fingerprint density at radius 3 is 2.63 bits per heavy atom. The first-order valence-corrected chi connectivity index (χ1v) is 9.92. The third kappa shape index (κ3) is 4.49. The first kappa shape index (κ1) is 17.6. The molecule has 27 heavy (non-hydrogen) atoms. The lowest BCUT2D eigenvalue weighted by atomic mass is 10.1. The highest BCUT2D eigenvalue weighted by molar-refractivity contribution is 8.00. The van der Waals surface area contributed by atoms with Gasteiger partial charge in [0.25, 0.3) is 0 Å². The van der Waals surface area contributed by atoms with Crippen molar-refractivity contribution in [2.75, 3.05) is 5.75 Å². The average Bonchev–Trinajstić information content (AvgIpc) is 3.12. The van der Waals surface area contributed by atoms with Gasteiger partial charge in [-0.1, -0.05) is 35.5 Å². The van der Waals surface area contributed by atoms with Gasteiger partial charge in [-0.3, -0.25) is 9.48 Å². The lowest BCUT2D eigenvalue weighted by Gasteiger charge is -2.17. The van der Waals surface area contributed by atoms with Crippen molar-refractivity contribution in [2.45, 2.75) is 24.3 Å². The van der Waals surface area contributed by atoms with Crippen molar-refractivity contribution < 1.29 is 9.53 Å². The van der Waals surface area contributed by atoms with Crippen molar-refractivity contribution in [1.82, 2.24) is 20.3 Å².